The molecule has 1 aromatic heterocycles. The molecule has 0 spiro atoms. The molecule has 23 heavy (non-hydrogen) atoms. The second kappa shape index (κ2) is 6.75. The van der Waals surface area contributed by atoms with Gasteiger partial charge in [0.15, 0.2) is 0 Å². The van der Waals surface area contributed by atoms with Crippen LogP contribution in [0.5, 0.6) is 0 Å². The number of benzene rings is 2. The van der Waals surface area contributed by atoms with Crippen LogP contribution in [0.2, 0.25) is 0 Å². The first-order valence-electron chi connectivity index (χ1n) is 7.44. The van der Waals surface area contributed by atoms with E-state index in [9.17, 15) is 4.79 Å². The summed E-state index contributed by atoms with van der Waals surface area (Å²) in [4.78, 5) is 19.9. The van der Waals surface area contributed by atoms with Crippen LogP contribution in [0.15, 0.2) is 48.5 Å². The molecule has 1 amide bonds. The molecule has 0 atom stereocenters. The van der Waals surface area contributed by atoms with E-state index in [0.717, 1.165) is 22.4 Å². The Kier molecular flexibility index (Phi) is 4.34. The average molecular weight is 304 g/mol. The van der Waals surface area contributed by atoms with Gasteiger partial charge < -0.3 is 10.3 Å². The number of imidazole rings is 1. The number of carbonyl (C=O) groups is 1. The first kappa shape index (κ1) is 14.8. The topological polar surface area (TPSA) is 81.6 Å². The van der Waals surface area contributed by atoms with Gasteiger partial charge in [-0.2, -0.15) is 5.26 Å². The molecule has 2 N–H and O–H groups in total. The Morgan fingerprint density at radius 3 is 2.91 bits per heavy atom. The first-order valence-corrected chi connectivity index (χ1v) is 7.44. The predicted octanol–water partition coefficient (Wildman–Crippen LogP) is 2.60. The second-order valence-electron chi connectivity index (χ2n) is 5.24. The highest BCUT2D eigenvalue weighted by atomic mass is 16.1. The van der Waals surface area contributed by atoms with Gasteiger partial charge >= 0.3 is 0 Å². The van der Waals surface area contributed by atoms with Crippen LogP contribution >= 0.6 is 0 Å². The third-order valence-corrected chi connectivity index (χ3v) is 3.56. The van der Waals surface area contributed by atoms with Crippen molar-refractivity contribution in [1.82, 2.24) is 15.3 Å². The van der Waals surface area contributed by atoms with Crippen LogP contribution in [0.1, 0.15) is 21.7 Å². The van der Waals surface area contributed by atoms with Crippen molar-refractivity contribution in [3.05, 3.63) is 65.5 Å². The molecule has 0 aliphatic carbocycles. The van der Waals surface area contributed by atoms with Crippen LogP contribution in [0.4, 0.5) is 0 Å². The third kappa shape index (κ3) is 3.55. The number of nitrogens with one attached hydrogen (secondary N) is 2. The lowest BCUT2D eigenvalue weighted by molar-refractivity contribution is 0.0954. The zero-order chi connectivity index (χ0) is 16.1. The normalized spacial score (nSPS) is 10.4. The van der Waals surface area contributed by atoms with E-state index in [4.69, 9.17) is 5.26 Å². The Bertz CT molecular complexity index is 843. The van der Waals surface area contributed by atoms with Gasteiger partial charge in [-0.1, -0.05) is 24.3 Å². The molecule has 5 heteroatoms. The van der Waals surface area contributed by atoms with Crippen molar-refractivity contribution in [2.45, 2.75) is 12.8 Å². The lowest BCUT2D eigenvalue weighted by atomic mass is 10.1. The molecular formula is C18H16N4O. The fourth-order valence-corrected chi connectivity index (χ4v) is 2.43. The summed E-state index contributed by atoms with van der Waals surface area (Å²) >= 11 is 0. The summed E-state index contributed by atoms with van der Waals surface area (Å²) in [7, 11) is 0. The van der Waals surface area contributed by atoms with Crippen molar-refractivity contribution in [3.63, 3.8) is 0 Å². The van der Waals surface area contributed by atoms with Crippen molar-refractivity contribution >= 4 is 16.9 Å². The number of nitrogens with zero attached hydrogens (tertiary/aromatic N) is 2. The van der Waals surface area contributed by atoms with E-state index in [1.807, 2.05) is 30.3 Å². The SMILES string of the molecule is N#CCc1cccc(C(=O)NCCc2nc3ccccc3[nH]2)c1. The Morgan fingerprint density at radius 1 is 1.22 bits per heavy atom. The van der Waals surface area contributed by atoms with Gasteiger partial charge in [-0.05, 0) is 29.8 Å². The van der Waals surface area contributed by atoms with Gasteiger partial charge in [0.2, 0.25) is 0 Å². The summed E-state index contributed by atoms with van der Waals surface area (Å²) in [5.41, 5.74) is 3.34. The molecule has 3 aromatic rings. The summed E-state index contributed by atoms with van der Waals surface area (Å²) in [6.45, 7) is 0.501. The van der Waals surface area contributed by atoms with Gasteiger partial charge in [0, 0.05) is 18.5 Å². The molecule has 0 fully saturated rings. The number of para-hydroxylation sites is 2. The number of amides is 1. The highest BCUT2D eigenvalue weighted by molar-refractivity contribution is 5.94. The number of carbonyl (C=O) groups excluding carboxylic acids is 1. The Hall–Kier alpha value is -3.13. The fraction of sp³-hybridized carbons (Fsp3) is 0.167. The fourth-order valence-electron chi connectivity index (χ4n) is 2.43. The van der Waals surface area contributed by atoms with Crippen LogP contribution in [0, 0.1) is 11.3 Å². The molecule has 5 nitrogen and oxygen atoms in total. The maximum absolute atomic E-state index is 12.1. The van der Waals surface area contributed by atoms with E-state index in [1.54, 1.807) is 18.2 Å². The molecule has 114 valence electrons. The molecular weight excluding hydrogens is 288 g/mol. The van der Waals surface area contributed by atoms with Crippen molar-refractivity contribution in [1.29, 1.82) is 5.26 Å². The molecule has 0 bridgehead atoms. The molecule has 3 rings (SSSR count). The van der Waals surface area contributed by atoms with E-state index < -0.39 is 0 Å². The molecule has 0 unspecified atom stereocenters. The lowest BCUT2D eigenvalue weighted by Crippen LogP contribution is -2.26. The molecule has 0 saturated carbocycles. The number of hydrogen-bond acceptors (Lipinski definition) is 3. The number of nitriles is 1. The number of aromatic amines is 1. The smallest absolute Gasteiger partial charge is 0.251 e. The quantitative estimate of drug-likeness (QED) is 0.760. The van der Waals surface area contributed by atoms with Crippen LogP contribution in [0.3, 0.4) is 0 Å². The van der Waals surface area contributed by atoms with Gasteiger partial charge in [0.05, 0.1) is 23.5 Å². The monoisotopic (exact) mass is 304 g/mol. The van der Waals surface area contributed by atoms with Crippen LogP contribution in [-0.4, -0.2) is 22.4 Å². The minimum atomic E-state index is -0.138. The van der Waals surface area contributed by atoms with E-state index in [-0.39, 0.29) is 5.91 Å². The zero-order valence-electron chi connectivity index (χ0n) is 12.5. The van der Waals surface area contributed by atoms with Crippen molar-refractivity contribution in [2.75, 3.05) is 6.54 Å². The minimum absolute atomic E-state index is 0.138. The third-order valence-electron chi connectivity index (χ3n) is 3.56. The highest BCUT2D eigenvalue weighted by Crippen LogP contribution is 2.10. The van der Waals surface area contributed by atoms with Gasteiger partial charge in [-0.15, -0.1) is 0 Å². The maximum atomic E-state index is 12.1. The summed E-state index contributed by atoms with van der Waals surface area (Å²) in [5, 5.41) is 11.6. The minimum Gasteiger partial charge on any atom is -0.352 e. The van der Waals surface area contributed by atoms with Crippen LogP contribution in [0.25, 0.3) is 11.0 Å². The van der Waals surface area contributed by atoms with Gasteiger partial charge in [0.1, 0.15) is 5.82 Å². The lowest BCUT2D eigenvalue weighted by Gasteiger charge is -2.05. The number of rotatable bonds is 5. The van der Waals surface area contributed by atoms with Gasteiger partial charge in [-0.25, -0.2) is 4.98 Å². The predicted molar refractivity (Wildman–Crippen MR) is 87.9 cm³/mol. The molecule has 1 heterocycles. The Labute approximate surface area is 134 Å². The summed E-state index contributed by atoms with van der Waals surface area (Å²) in [5.74, 6) is 0.714. The molecule has 0 saturated heterocycles. The molecule has 0 radical (unpaired) electrons. The van der Waals surface area contributed by atoms with E-state index in [1.165, 1.54) is 0 Å². The number of H-pyrrole nitrogens is 1. The average Bonchev–Trinajstić information content (AvgIpc) is 2.98. The molecule has 2 aromatic carbocycles. The summed E-state index contributed by atoms with van der Waals surface area (Å²) in [6, 6.07) is 17.1. The Morgan fingerprint density at radius 2 is 2.09 bits per heavy atom. The van der Waals surface area contributed by atoms with Crippen LogP contribution in [-0.2, 0) is 12.8 Å². The van der Waals surface area contributed by atoms with E-state index in [0.29, 0.717) is 24.9 Å². The Balaban J connectivity index is 1.58. The van der Waals surface area contributed by atoms with Crippen molar-refractivity contribution < 1.29 is 4.79 Å². The summed E-state index contributed by atoms with van der Waals surface area (Å²) < 4.78 is 0. The molecule has 0 aliphatic heterocycles. The highest BCUT2D eigenvalue weighted by Gasteiger charge is 2.07. The van der Waals surface area contributed by atoms with Crippen molar-refractivity contribution in [3.8, 4) is 6.07 Å². The maximum Gasteiger partial charge on any atom is 0.251 e. The van der Waals surface area contributed by atoms with Gasteiger partial charge in [0.25, 0.3) is 5.91 Å². The number of aromatic nitrogens is 2. The standard InChI is InChI=1S/C18H16N4O/c19-10-8-13-4-3-5-14(12-13)18(23)20-11-9-17-21-15-6-1-2-7-16(15)22-17/h1-7,12H,8-9,11H2,(H,20,23)(H,21,22). The first-order chi connectivity index (χ1) is 11.3. The van der Waals surface area contributed by atoms with E-state index in [2.05, 4.69) is 21.4 Å². The van der Waals surface area contributed by atoms with Crippen molar-refractivity contribution in [2.24, 2.45) is 0 Å². The number of hydrogen-bond donors (Lipinski definition) is 2. The van der Waals surface area contributed by atoms with Crippen LogP contribution < -0.4 is 5.32 Å². The molecule has 0 aliphatic rings. The van der Waals surface area contributed by atoms with E-state index >= 15 is 0 Å². The largest absolute Gasteiger partial charge is 0.352 e. The zero-order valence-corrected chi connectivity index (χ0v) is 12.5. The van der Waals surface area contributed by atoms with Gasteiger partial charge in [-0.3, -0.25) is 4.79 Å². The number of fused-ring (bicyclic) bond motifs is 1. The second-order valence-corrected chi connectivity index (χ2v) is 5.24. The summed E-state index contributed by atoms with van der Waals surface area (Å²) in [6.07, 6.45) is 0.943.